The molecule has 0 aliphatic heterocycles. The zero-order chi connectivity index (χ0) is 13.8. The Hall–Kier alpha value is -1.51. The smallest absolute Gasteiger partial charge is 0.303 e. The molecule has 0 heterocycles. The van der Waals surface area contributed by atoms with Gasteiger partial charge in [0.25, 0.3) is 0 Å². The van der Waals surface area contributed by atoms with E-state index in [0.717, 1.165) is 11.3 Å². The fraction of sp³-hybridized carbons (Fsp3) is 0.533. The van der Waals surface area contributed by atoms with Crippen LogP contribution in [0.2, 0.25) is 0 Å². The molecule has 0 radical (unpaired) electrons. The highest BCUT2D eigenvalue weighted by atomic mass is 16.5. The topological polar surface area (TPSA) is 46.5 Å². The van der Waals surface area contributed by atoms with Crippen LogP contribution in [0.15, 0.2) is 24.3 Å². The minimum Gasteiger partial charge on any atom is -0.493 e. The van der Waals surface area contributed by atoms with E-state index in [-0.39, 0.29) is 17.8 Å². The van der Waals surface area contributed by atoms with Crippen LogP contribution in [0.4, 0.5) is 0 Å². The van der Waals surface area contributed by atoms with Crippen molar-refractivity contribution in [2.75, 3.05) is 6.61 Å². The molecule has 1 aromatic carbocycles. The number of carboxylic acid groups (broad SMARTS) is 1. The van der Waals surface area contributed by atoms with Gasteiger partial charge >= 0.3 is 5.97 Å². The van der Waals surface area contributed by atoms with Gasteiger partial charge in [0, 0.05) is 5.92 Å². The molecule has 3 nitrogen and oxygen atoms in total. The molecule has 3 heteroatoms. The van der Waals surface area contributed by atoms with E-state index in [1.165, 1.54) is 0 Å². The quantitative estimate of drug-likeness (QED) is 0.870. The predicted molar refractivity (Wildman–Crippen MR) is 72.1 cm³/mol. The summed E-state index contributed by atoms with van der Waals surface area (Å²) in [5.74, 6) is 0.0768. The first kappa shape index (κ1) is 14.6. The van der Waals surface area contributed by atoms with Gasteiger partial charge in [-0.25, -0.2) is 0 Å². The van der Waals surface area contributed by atoms with Crippen molar-refractivity contribution in [2.45, 2.75) is 39.5 Å². The Bertz CT molecular complexity index is 404. The van der Waals surface area contributed by atoms with E-state index in [9.17, 15) is 4.79 Å². The Kier molecular flexibility index (Phi) is 4.76. The molecule has 0 amide bonds. The predicted octanol–water partition coefficient (Wildman–Crippen LogP) is 3.47. The van der Waals surface area contributed by atoms with Crippen LogP contribution in [0.25, 0.3) is 0 Å². The van der Waals surface area contributed by atoms with Crippen molar-refractivity contribution in [3.05, 3.63) is 29.8 Å². The standard InChI is InChI=1S/C15H22O3/c1-11(9-14(16)17)10-18-13-8-6-5-7-12(13)15(2,3)4/h5-8,11H,9-10H2,1-4H3,(H,16,17). The number of para-hydroxylation sites is 1. The van der Waals surface area contributed by atoms with Gasteiger partial charge in [-0.3, -0.25) is 4.79 Å². The number of ether oxygens (including phenoxy) is 1. The number of hydrogen-bond acceptors (Lipinski definition) is 2. The van der Waals surface area contributed by atoms with Crippen molar-refractivity contribution >= 4 is 5.97 Å². The van der Waals surface area contributed by atoms with E-state index < -0.39 is 5.97 Å². The Morgan fingerprint density at radius 3 is 2.50 bits per heavy atom. The Labute approximate surface area is 109 Å². The van der Waals surface area contributed by atoms with Gasteiger partial charge in [-0.1, -0.05) is 45.9 Å². The number of carbonyl (C=O) groups is 1. The molecule has 0 saturated heterocycles. The largest absolute Gasteiger partial charge is 0.493 e. The molecule has 100 valence electrons. The van der Waals surface area contributed by atoms with Gasteiger partial charge in [-0.2, -0.15) is 0 Å². The fourth-order valence-corrected chi connectivity index (χ4v) is 1.80. The second-order valence-electron chi connectivity index (χ2n) is 5.76. The van der Waals surface area contributed by atoms with Gasteiger partial charge in [-0.05, 0) is 17.0 Å². The van der Waals surface area contributed by atoms with E-state index in [0.29, 0.717) is 6.61 Å². The zero-order valence-corrected chi connectivity index (χ0v) is 11.6. The monoisotopic (exact) mass is 250 g/mol. The van der Waals surface area contributed by atoms with Crippen LogP contribution in [0.3, 0.4) is 0 Å². The second kappa shape index (κ2) is 5.89. The lowest BCUT2D eigenvalue weighted by molar-refractivity contribution is -0.138. The van der Waals surface area contributed by atoms with Crippen molar-refractivity contribution in [1.82, 2.24) is 0 Å². The minimum atomic E-state index is -0.782. The first-order valence-electron chi connectivity index (χ1n) is 6.25. The number of carboxylic acids is 1. The molecular weight excluding hydrogens is 228 g/mol. The normalized spacial score (nSPS) is 13.1. The minimum absolute atomic E-state index is 0.00974. The lowest BCUT2D eigenvalue weighted by Crippen LogP contribution is -2.17. The summed E-state index contributed by atoms with van der Waals surface area (Å²) in [5, 5.41) is 8.71. The summed E-state index contributed by atoms with van der Waals surface area (Å²) in [5.41, 5.74) is 1.17. The van der Waals surface area contributed by atoms with Gasteiger partial charge in [0.2, 0.25) is 0 Å². The highest BCUT2D eigenvalue weighted by Crippen LogP contribution is 2.31. The van der Waals surface area contributed by atoms with E-state index >= 15 is 0 Å². The van der Waals surface area contributed by atoms with Crippen molar-refractivity contribution in [1.29, 1.82) is 0 Å². The molecule has 0 aromatic heterocycles. The lowest BCUT2D eigenvalue weighted by atomic mass is 9.86. The third-order valence-corrected chi connectivity index (χ3v) is 2.74. The summed E-state index contributed by atoms with van der Waals surface area (Å²) in [6, 6.07) is 7.92. The summed E-state index contributed by atoms with van der Waals surface area (Å²) in [4.78, 5) is 10.6. The van der Waals surface area contributed by atoms with Gasteiger partial charge < -0.3 is 9.84 Å². The van der Waals surface area contributed by atoms with Crippen LogP contribution in [-0.4, -0.2) is 17.7 Å². The van der Waals surface area contributed by atoms with E-state index in [4.69, 9.17) is 9.84 Å². The zero-order valence-electron chi connectivity index (χ0n) is 11.6. The van der Waals surface area contributed by atoms with Crippen LogP contribution >= 0.6 is 0 Å². The third-order valence-electron chi connectivity index (χ3n) is 2.74. The SMILES string of the molecule is CC(COc1ccccc1C(C)(C)C)CC(=O)O. The summed E-state index contributed by atoms with van der Waals surface area (Å²) in [6.07, 6.45) is 0.137. The lowest BCUT2D eigenvalue weighted by Gasteiger charge is -2.23. The molecule has 18 heavy (non-hydrogen) atoms. The van der Waals surface area contributed by atoms with Crippen LogP contribution < -0.4 is 4.74 Å². The molecule has 0 fully saturated rings. The van der Waals surface area contributed by atoms with Crippen LogP contribution in [0.5, 0.6) is 5.75 Å². The van der Waals surface area contributed by atoms with Gasteiger partial charge in [0.15, 0.2) is 0 Å². The molecule has 1 unspecified atom stereocenters. The van der Waals surface area contributed by atoms with E-state index in [1.54, 1.807) is 0 Å². The third kappa shape index (κ3) is 4.40. The molecule has 0 spiro atoms. The summed E-state index contributed by atoms with van der Waals surface area (Å²) >= 11 is 0. The molecule has 0 aliphatic rings. The molecule has 1 aromatic rings. The number of aliphatic carboxylic acids is 1. The maximum absolute atomic E-state index is 10.6. The van der Waals surface area contributed by atoms with E-state index in [2.05, 4.69) is 26.8 Å². The average molecular weight is 250 g/mol. The molecule has 0 bridgehead atoms. The molecule has 1 atom stereocenters. The molecule has 1 N–H and O–H groups in total. The van der Waals surface area contributed by atoms with Gasteiger partial charge in [-0.15, -0.1) is 0 Å². The number of benzene rings is 1. The van der Waals surface area contributed by atoms with Crippen molar-refractivity contribution < 1.29 is 14.6 Å². The molecule has 0 aliphatic carbocycles. The average Bonchev–Trinajstić information content (AvgIpc) is 2.24. The molecular formula is C15H22O3. The van der Waals surface area contributed by atoms with Gasteiger partial charge in [0.1, 0.15) is 5.75 Å². The summed E-state index contributed by atoms with van der Waals surface area (Å²) in [7, 11) is 0. The highest BCUT2D eigenvalue weighted by molar-refractivity contribution is 5.66. The molecule has 0 saturated carbocycles. The van der Waals surface area contributed by atoms with Crippen LogP contribution in [-0.2, 0) is 10.2 Å². The summed E-state index contributed by atoms with van der Waals surface area (Å²) < 4.78 is 5.76. The van der Waals surface area contributed by atoms with E-state index in [1.807, 2.05) is 25.1 Å². The maximum atomic E-state index is 10.6. The Balaban J connectivity index is 2.71. The number of hydrogen-bond donors (Lipinski definition) is 1. The van der Waals surface area contributed by atoms with Crippen molar-refractivity contribution in [3.8, 4) is 5.75 Å². The van der Waals surface area contributed by atoms with Crippen LogP contribution in [0, 0.1) is 5.92 Å². The maximum Gasteiger partial charge on any atom is 0.303 e. The molecule has 1 rings (SSSR count). The van der Waals surface area contributed by atoms with Crippen molar-refractivity contribution in [2.24, 2.45) is 5.92 Å². The summed E-state index contributed by atoms with van der Waals surface area (Å²) in [6.45, 7) is 8.72. The van der Waals surface area contributed by atoms with Gasteiger partial charge in [0.05, 0.1) is 13.0 Å². The van der Waals surface area contributed by atoms with Crippen molar-refractivity contribution in [3.63, 3.8) is 0 Å². The fourth-order valence-electron chi connectivity index (χ4n) is 1.80. The first-order valence-corrected chi connectivity index (χ1v) is 6.25. The second-order valence-corrected chi connectivity index (χ2v) is 5.76. The Morgan fingerprint density at radius 2 is 1.94 bits per heavy atom. The number of rotatable bonds is 5. The Morgan fingerprint density at radius 1 is 1.33 bits per heavy atom. The van der Waals surface area contributed by atoms with Crippen LogP contribution in [0.1, 0.15) is 39.7 Å². The first-order chi connectivity index (χ1) is 8.30. The highest BCUT2D eigenvalue weighted by Gasteiger charge is 2.19.